The number of hydrogen-bond donors (Lipinski definition) is 9. The summed E-state index contributed by atoms with van der Waals surface area (Å²) in [5.74, 6) is -3.48. The molecule has 22 nitrogen and oxygen atoms in total. The third-order valence-electron chi connectivity index (χ3n) is 15.7. The van der Waals surface area contributed by atoms with Gasteiger partial charge >= 0.3 is 12.1 Å². The largest absolute Gasteiger partial charge is 0.465 e. The topological polar surface area (TPSA) is 303 Å². The van der Waals surface area contributed by atoms with E-state index in [-0.39, 0.29) is 73.7 Å². The van der Waals surface area contributed by atoms with Crippen LogP contribution in [0.15, 0.2) is 24.3 Å². The van der Waals surface area contributed by atoms with E-state index in [4.69, 9.17) is 15.2 Å². The number of rotatable bonds is 29. The van der Waals surface area contributed by atoms with Crippen molar-refractivity contribution in [3.8, 4) is 0 Å². The summed E-state index contributed by atoms with van der Waals surface area (Å²) in [5.41, 5.74) is 6.18. The Morgan fingerprint density at radius 1 is 0.880 bits per heavy atom. The van der Waals surface area contributed by atoms with Crippen LogP contribution in [0.25, 0.3) is 0 Å². The number of likely N-dealkylation sites (N-methyl/N-ethyl adjacent to an activating group) is 2. The highest BCUT2D eigenvalue weighted by Crippen LogP contribution is 2.41. The van der Waals surface area contributed by atoms with Crippen LogP contribution in [0.2, 0.25) is 0 Å². The van der Waals surface area contributed by atoms with Crippen LogP contribution in [0.5, 0.6) is 0 Å². The van der Waals surface area contributed by atoms with E-state index in [0.29, 0.717) is 43.1 Å². The third-order valence-corrected chi connectivity index (χ3v) is 15.7. The average molecular weight is 1060 g/mol. The van der Waals surface area contributed by atoms with E-state index in [1.54, 1.807) is 61.9 Å². The Balaban J connectivity index is 1.42. The fourth-order valence-corrected chi connectivity index (χ4v) is 11.4. The molecule has 422 valence electrons. The molecule has 4 rings (SSSR count). The Labute approximate surface area is 443 Å². The smallest absolute Gasteiger partial charge is 0.405 e. The van der Waals surface area contributed by atoms with E-state index in [1.807, 2.05) is 34.7 Å². The number of fused-ring (bicyclic) bond motifs is 2. The van der Waals surface area contributed by atoms with Gasteiger partial charge in [0.2, 0.25) is 35.4 Å². The number of ether oxygens (including phenoxy) is 2. The lowest BCUT2D eigenvalue weighted by Crippen LogP contribution is -2.60. The van der Waals surface area contributed by atoms with Crippen molar-refractivity contribution in [3.05, 3.63) is 29.8 Å². The number of amides is 9. The molecule has 0 spiro atoms. The van der Waals surface area contributed by atoms with Gasteiger partial charge in [-0.15, -0.1) is 0 Å². The number of carbonyl (C=O) groups excluding carboxylic acids is 7. The molecule has 1 saturated carbocycles. The monoisotopic (exact) mass is 1060 g/mol. The van der Waals surface area contributed by atoms with Gasteiger partial charge in [-0.25, -0.2) is 9.59 Å². The molecule has 3 aliphatic rings. The number of urea groups is 1. The molecule has 1 aliphatic carbocycles. The van der Waals surface area contributed by atoms with Crippen LogP contribution < -0.4 is 37.6 Å². The number of hydrogen-bond acceptors (Lipinski definition) is 12. The van der Waals surface area contributed by atoms with Crippen molar-refractivity contribution >= 4 is 53.3 Å². The van der Waals surface area contributed by atoms with Crippen LogP contribution in [-0.4, -0.2) is 181 Å². The highest BCUT2D eigenvalue weighted by molar-refractivity contribution is 5.98. The van der Waals surface area contributed by atoms with Gasteiger partial charge in [-0.3, -0.25) is 33.7 Å². The van der Waals surface area contributed by atoms with Gasteiger partial charge in [0.15, 0.2) is 0 Å². The highest BCUT2D eigenvalue weighted by Gasteiger charge is 2.49. The summed E-state index contributed by atoms with van der Waals surface area (Å²) >= 11 is 0. The number of methoxy groups -OCH3 is 2. The van der Waals surface area contributed by atoms with Gasteiger partial charge in [0, 0.05) is 46.1 Å². The predicted octanol–water partition coefficient (Wildman–Crippen LogP) is 2.41. The highest BCUT2D eigenvalue weighted by atomic mass is 16.5. The molecule has 2 bridgehead atoms. The maximum absolute atomic E-state index is 14.5. The molecule has 2 heterocycles. The van der Waals surface area contributed by atoms with E-state index in [0.717, 1.165) is 19.3 Å². The van der Waals surface area contributed by atoms with Gasteiger partial charge in [0.25, 0.3) is 0 Å². The number of primary amides is 1. The van der Waals surface area contributed by atoms with Crippen LogP contribution in [0.4, 0.5) is 15.3 Å². The fourth-order valence-electron chi connectivity index (χ4n) is 11.4. The summed E-state index contributed by atoms with van der Waals surface area (Å²) in [4.78, 5) is 112. The van der Waals surface area contributed by atoms with Crippen molar-refractivity contribution in [2.24, 2.45) is 35.3 Å². The van der Waals surface area contributed by atoms with Crippen LogP contribution in [-0.2, 0) is 44.7 Å². The van der Waals surface area contributed by atoms with Gasteiger partial charge in [-0.1, -0.05) is 67.0 Å². The molecule has 1 aromatic rings. The standard InChI is InChI=1S/C53H88N10O12/c1-12-31(6)44(62(9)51(70)43(30(4)5)59-50(69)45-34-20-21-37(26-34)61(45)8)40(74-10)27-41(65)63-23-15-19-39(63)46(75-11)32(7)47(66)57-36(28-64)25-33-16-13-17-35(24-33)56-48(67)38(18-14-22-55-52(54)71)58-49(68)42(29(2)3)60-53(72)73/h13,16-17,24,29-32,34,36-40,42-46,60,64H,12,14-15,18-23,25-28H2,1-11H3,(H,56,67)(H,57,66)(H,58,68)(H,59,69)(H,72,73)(H3,54,55,71)/t31?,32?,34-,36?,37+,38?,39-,40?,42?,43?,44?,45-,46?/m0/s1. The van der Waals surface area contributed by atoms with E-state index < -0.39 is 96.7 Å². The summed E-state index contributed by atoms with van der Waals surface area (Å²) in [6.45, 7) is 13.0. The molecular formula is C53H88N10O12. The molecule has 75 heavy (non-hydrogen) atoms. The second-order valence-electron chi connectivity index (χ2n) is 21.6. The Bertz CT molecular complexity index is 2110. The van der Waals surface area contributed by atoms with E-state index in [1.165, 1.54) is 14.2 Å². The first-order valence-corrected chi connectivity index (χ1v) is 26.8. The van der Waals surface area contributed by atoms with Gasteiger partial charge in [0.05, 0.1) is 55.3 Å². The number of carboxylic acid groups (broad SMARTS) is 1. The average Bonchev–Trinajstić information content (AvgIpc) is 4.12. The van der Waals surface area contributed by atoms with E-state index in [2.05, 4.69) is 36.8 Å². The number of anilines is 1. The zero-order valence-electron chi connectivity index (χ0n) is 46.1. The number of piperidine rings is 1. The molecule has 1 aromatic carbocycles. The number of nitrogens with one attached hydrogen (secondary N) is 6. The zero-order valence-corrected chi connectivity index (χ0v) is 46.1. The first-order chi connectivity index (χ1) is 35.5. The number of benzene rings is 1. The van der Waals surface area contributed by atoms with Crippen molar-refractivity contribution in [2.45, 2.75) is 173 Å². The Kier molecular flexibility index (Phi) is 24.0. The van der Waals surface area contributed by atoms with Gasteiger partial charge < -0.3 is 67.1 Å². The van der Waals surface area contributed by atoms with Crippen LogP contribution in [0.3, 0.4) is 0 Å². The molecule has 2 aliphatic heterocycles. The van der Waals surface area contributed by atoms with E-state index in [9.17, 15) is 48.6 Å². The second-order valence-corrected chi connectivity index (χ2v) is 21.6. The van der Waals surface area contributed by atoms with Gasteiger partial charge in [0.1, 0.15) is 18.1 Å². The summed E-state index contributed by atoms with van der Waals surface area (Å²) < 4.78 is 12.1. The zero-order chi connectivity index (χ0) is 55.8. The van der Waals surface area contributed by atoms with E-state index >= 15 is 0 Å². The van der Waals surface area contributed by atoms with Crippen molar-refractivity contribution in [1.82, 2.24) is 41.3 Å². The SMILES string of the molecule is CCC(C)C(C(CC(=O)N1CCC[C@H]1C(OC)C(C)C(=O)NC(CO)Cc1cccc(NC(=O)C(CCCNC(N)=O)NC(=O)C(NC(=O)O)C(C)C)c1)OC)N(C)C(=O)C(NC(=O)[C@@H]1[C@H]2CC[C@H](C2)N1C)C(C)C. The summed E-state index contributed by atoms with van der Waals surface area (Å²) in [7, 11) is 6.75. The Morgan fingerprint density at radius 2 is 1.57 bits per heavy atom. The van der Waals surface area contributed by atoms with Crippen molar-refractivity contribution in [3.63, 3.8) is 0 Å². The minimum Gasteiger partial charge on any atom is -0.465 e. The molecule has 10 N–H and O–H groups in total. The number of nitrogens with two attached hydrogens (primary N) is 1. The molecule has 9 unspecified atom stereocenters. The Morgan fingerprint density at radius 3 is 2.15 bits per heavy atom. The minimum absolute atomic E-state index is 0.0377. The first-order valence-electron chi connectivity index (χ1n) is 26.8. The lowest BCUT2D eigenvalue weighted by Gasteiger charge is -2.41. The molecule has 0 radical (unpaired) electrons. The second kappa shape index (κ2) is 29.1. The number of carbonyl (C=O) groups is 8. The maximum Gasteiger partial charge on any atom is 0.405 e. The molecule has 0 aromatic heterocycles. The molecule has 13 atom stereocenters. The summed E-state index contributed by atoms with van der Waals surface area (Å²) in [5, 5.41) is 35.9. The van der Waals surface area contributed by atoms with Crippen molar-refractivity contribution in [1.29, 1.82) is 0 Å². The van der Waals surface area contributed by atoms with Crippen molar-refractivity contribution < 1.29 is 58.0 Å². The number of nitrogens with zero attached hydrogens (tertiary/aromatic N) is 3. The fraction of sp³-hybridized carbons (Fsp3) is 0.736. The number of likely N-dealkylation sites (tertiary alicyclic amines) is 2. The quantitative estimate of drug-likeness (QED) is 0.0522. The minimum atomic E-state index is -1.40. The Hall–Kier alpha value is -5.58. The predicted molar refractivity (Wildman–Crippen MR) is 282 cm³/mol. The van der Waals surface area contributed by atoms with Crippen molar-refractivity contribution in [2.75, 3.05) is 53.3 Å². The van der Waals surface area contributed by atoms with Crippen LogP contribution in [0.1, 0.15) is 112 Å². The number of aliphatic hydroxyl groups is 1. The lowest BCUT2D eigenvalue weighted by atomic mass is 9.89. The van der Waals surface area contributed by atoms with Gasteiger partial charge in [-0.2, -0.15) is 0 Å². The molecule has 2 saturated heterocycles. The summed E-state index contributed by atoms with van der Waals surface area (Å²) in [6, 6.07) is 1.35. The van der Waals surface area contributed by atoms with Crippen LogP contribution in [0, 0.1) is 29.6 Å². The summed E-state index contributed by atoms with van der Waals surface area (Å²) in [6.07, 6.45) is 2.68. The lowest BCUT2D eigenvalue weighted by molar-refractivity contribution is -0.148. The molecule has 22 heteroatoms. The maximum atomic E-state index is 14.5. The third kappa shape index (κ3) is 16.7. The molecular weight excluding hydrogens is 969 g/mol. The number of aliphatic hydroxyl groups excluding tert-OH is 1. The first kappa shape index (κ1) is 62.0. The normalized spacial score (nSPS) is 22.0. The van der Waals surface area contributed by atoms with Gasteiger partial charge in [-0.05, 0) is 99.8 Å². The molecule has 3 fully saturated rings. The molecule has 9 amide bonds. The van der Waals surface area contributed by atoms with Crippen LogP contribution >= 0.6 is 0 Å².